The number of nitrogens with zero attached hydrogens (tertiary/aromatic N) is 4. The van der Waals surface area contributed by atoms with E-state index >= 15 is 0 Å². The summed E-state index contributed by atoms with van der Waals surface area (Å²) in [5.41, 5.74) is 3.43. The van der Waals surface area contributed by atoms with Crippen molar-refractivity contribution < 1.29 is 4.84 Å². The number of aromatic nitrogens is 3. The molecule has 0 saturated heterocycles. The average Bonchev–Trinajstić information content (AvgIpc) is 2.72. The summed E-state index contributed by atoms with van der Waals surface area (Å²) in [6.45, 7) is 4.29. The second kappa shape index (κ2) is 8.12. The van der Waals surface area contributed by atoms with Crippen LogP contribution in [0.15, 0.2) is 66.3 Å². The highest BCUT2D eigenvalue weighted by molar-refractivity contribution is 7.98. The summed E-state index contributed by atoms with van der Waals surface area (Å²) in [4.78, 5) is 19.2. The van der Waals surface area contributed by atoms with E-state index in [2.05, 4.69) is 11.6 Å². The summed E-state index contributed by atoms with van der Waals surface area (Å²) < 4.78 is 0. The molecular formula is C20H20N4OS. The first-order valence-corrected chi connectivity index (χ1v) is 9.28. The molecule has 0 fully saturated rings. The molecule has 0 spiro atoms. The van der Waals surface area contributed by atoms with Gasteiger partial charge in [0.1, 0.15) is 10.7 Å². The summed E-state index contributed by atoms with van der Waals surface area (Å²) in [7, 11) is 3.42. The van der Waals surface area contributed by atoms with Crippen molar-refractivity contribution in [3.05, 3.63) is 72.4 Å². The Morgan fingerprint density at radius 2 is 1.81 bits per heavy atom. The SMILES string of the molecule is C=C(c1ccccc1)c1c(SC)nc(-c2ccccn2)nc1N(C)OC. The van der Waals surface area contributed by atoms with Gasteiger partial charge in [0, 0.05) is 13.2 Å². The summed E-state index contributed by atoms with van der Waals surface area (Å²) in [5, 5.41) is 2.45. The topological polar surface area (TPSA) is 51.1 Å². The van der Waals surface area contributed by atoms with Crippen molar-refractivity contribution in [2.45, 2.75) is 5.03 Å². The molecule has 0 amide bonds. The maximum absolute atomic E-state index is 5.43. The minimum Gasteiger partial charge on any atom is -0.276 e. The van der Waals surface area contributed by atoms with Gasteiger partial charge in [-0.05, 0) is 29.5 Å². The normalized spacial score (nSPS) is 10.6. The van der Waals surface area contributed by atoms with Gasteiger partial charge in [0.2, 0.25) is 0 Å². The first-order valence-electron chi connectivity index (χ1n) is 8.05. The Kier molecular flexibility index (Phi) is 5.65. The van der Waals surface area contributed by atoms with Gasteiger partial charge in [0.05, 0.1) is 12.7 Å². The van der Waals surface area contributed by atoms with Gasteiger partial charge in [0.25, 0.3) is 0 Å². The van der Waals surface area contributed by atoms with Crippen molar-refractivity contribution in [3.63, 3.8) is 0 Å². The van der Waals surface area contributed by atoms with Gasteiger partial charge in [-0.2, -0.15) is 0 Å². The van der Waals surface area contributed by atoms with Crippen LogP contribution in [0.5, 0.6) is 0 Å². The minimum atomic E-state index is 0.554. The highest BCUT2D eigenvalue weighted by Gasteiger charge is 2.21. The number of anilines is 1. The van der Waals surface area contributed by atoms with Gasteiger partial charge in [-0.3, -0.25) is 9.82 Å². The summed E-state index contributed by atoms with van der Waals surface area (Å²) in [5.74, 6) is 1.21. The molecule has 3 rings (SSSR count). The van der Waals surface area contributed by atoms with E-state index in [1.165, 1.54) is 0 Å². The number of benzene rings is 1. The maximum Gasteiger partial charge on any atom is 0.181 e. The van der Waals surface area contributed by atoms with Gasteiger partial charge < -0.3 is 0 Å². The fourth-order valence-electron chi connectivity index (χ4n) is 2.55. The number of hydrogen-bond acceptors (Lipinski definition) is 6. The number of rotatable bonds is 6. The lowest BCUT2D eigenvalue weighted by atomic mass is 10.0. The van der Waals surface area contributed by atoms with E-state index in [4.69, 9.17) is 14.8 Å². The molecule has 3 aromatic rings. The molecule has 2 aromatic heterocycles. The fraction of sp³-hybridized carbons (Fsp3) is 0.150. The third-order valence-electron chi connectivity index (χ3n) is 3.94. The van der Waals surface area contributed by atoms with Crippen LogP contribution in [0.3, 0.4) is 0 Å². The molecule has 0 atom stereocenters. The largest absolute Gasteiger partial charge is 0.276 e. The van der Waals surface area contributed by atoms with Crippen LogP contribution >= 0.6 is 11.8 Å². The lowest BCUT2D eigenvalue weighted by Crippen LogP contribution is -2.19. The van der Waals surface area contributed by atoms with Crippen LogP contribution in [-0.2, 0) is 4.84 Å². The van der Waals surface area contributed by atoms with Gasteiger partial charge >= 0.3 is 0 Å². The molecule has 1 aromatic carbocycles. The van der Waals surface area contributed by atoms with E-state index in [1.54, 1.807) is 30.1 Å². The molecule has 0 radical (unpaired) electrons. The van der Waals surface area contributed by atoms with Gasteiger partial charge in [-0.15, -0.1) is 11.8 Å². The van der Waals surface area contributed by atoms with Crippen LogP contribution in [0.4, 0.5) is 5.82 Å². The van der Waals surface area contributed by atoms with E-state index < -0.39 is 0 Å². The van der Waals surface area contributed by atoms with Crippen molar-refractivity contribution >= 4 is 23.2 Å². The van der Waals surface area contributed by atoms with Crippen LogP contribution in [0, 0.1) is 0 Å². The Hall–Kier alpha value is -2.70. The Morgan fingerprint density at radius 1 is 1.08 bits per heavy atom. The zero-order valence-electron chi connectivity index (χ0n) is 15.0. The number of hydroxylamine groups is 1. The third kappa shape index (κ3) is 3.61. The number of hydrogen-bond donors (Lipinski definition) is 0. The van der Waals surface area contributed by atoms with Crippen molar-refractivity contribution in [2.75, 3.05) is 25.5 Å². The van der Waals surface area contributed by atoms with Crippen molar-refractivity contribution in [1.82, 2.24) is 15.0 Å². The van der Waals surface area contributed by atoms with Crippen LogP contribution in [0.2, 0.25) is 0 Å². The van der Waals surface area contributed by atoms with Crippen LogP contribution < -0.4 is 5.06 Å². The zero-order chi connectivity index (χ0) is 18.5. The first kappa shape index (κ1) is 18.1. The van der Waals surface area contributed by atoms with Crippen LogP contribution in [-0.4, -0.2) is 35.4 Å². The van der Waals surface area contributed by atoms with Crippen LogP contribution in [0.1, 0.15) is 11.1 Å². The lowest BCUT2D eigenvalue weighted by Gasteiger charge is -2.22. The Balaban J connectivity index is 2.21. The molecule has 6 heteroatoms. The van der Waals surface area contributed by atoms with Crippen molar-refractivity contribution in [2.24, 2.45) is 0 Å². The second-order valence-corrected chi connectivity index (χ2v) is 6.29. The molecule has 0 aliphatic heterocycles. The number of pyridine rings is 1. The van der Waals surface area contributed by atoms with Crippen molar-refractivity contribution in [3.8, 4) is 11.5 Å². The first-order chi connectivity index (χ1) is 12.7. The Labute approximate surface area is 157 Å². The van der Waals surface area contributed by atoms with Gasteiger partial charge in [-0.25, -0.2) is 15.0 Å². The molecule has 0 bridgehead atoms. The van der Waals surface area contributed by atoms with E-state index in [0.717, 1.165) is 21.7 Å². The quantitative estimate of drug-likeness (QED) is 0.369. The van der Waals surface area contributed by atoms with E-state index in [9.17, 15) is 0 Å². The molecule has 0 N–H and O–H groups in total. The maximum atomic E-state index is 5.43. The molecule has 132 valence electrons. The summed E-state index contributed by atoms with van der Waals surface area (Å²) in [6.07, 6.45) is 3.72. The predicted molar refractivity (Wildman–Crippen MR) is 107 cm³/mol. The summed E-state index contributed by atoms with van der Waals surface area (Å²) >= 11 is 1.55. The molecular weight excluding hydrogens is 344 g/mol. The zero-order valence-corrected chi connectivity index (χ0v) is 15.8. The molecule has 0 aliphatic carbocycles. The molecule has 26 heavy (non-hydrogen) atoms. The number of thioether (sulfide) groups is 1. The van der Waals surface area contributed by atoms with Crippen LogP contribution in [0.25, 0.3) is 17.1 Å². The lowest BCUT2D eigenvalue weighted by molar-refractivity contribution is 0.182. The summed E-state index contributed by atoms with van der Waals surface area (Å²) in [6, 6.07) is 15.7. The molecule has 0 aliphatic rings. The molecule has 0 saturated carbocycles. The minimum absolute atomic E-state index is 0.554. The smallest absolute Gasteiger partial charge is 0.181 e. The monoisotopic (exact) mass is 364 g/mol. The molecule has 0 unspecified atom stereocenters. The van der Waals surface area contributed by atoms with Gasteiger partial charge in [-0.1, -0.05) is 43.0 Å². The van der Waals surface area contributed by atoms with E-state index in [1.807, 2.05) is 61.8 Å². The Morgan fingerprint density at radius 3 is 2.42 bits per heavy atom. The fourth-order valence-corrected chi connectivity index (χ4v) is 3.14. The van der Waals surface area contributed by atoms with Crippen molar-refractivity contribution in [1.29, 1.82) is 0 Å². The average molecular weight is 364 g/mol. The van der Waals surface area contributed by atoms with E-state index in [0.29, 0.717) is 17.3 Å². The molecule has 5 nitrogen and oxygen atoms in total. The molecule has 2 heterocycles. The predicted octanol–water partition coefficient (Wildman–Crippen LogP) is 4.32. The highest BCUT2D eigenvalue weighted by Crippen LogP contribution is 2.36. The highest BCUT2D eigenvalue weighted by atomic mass is 32.2. The third-order valence-corrected chi connectivity index (χ3v) is 4.62. The Bertz CT molecular complexity index is 900. The second-order valence-electron chi connectivity index (χ2n) is 5.49. The van der Waals surface area contributed by atoms with Gasteiger partial charge in [0.15, 0.2) is 11.6 Å². The standard InChI is InChI=1S/C20H20N4OS/c1-14(15-10-6-5-7-11-15)17-19(24(2)25-3)22-18(23-20(17)26-4)16-12-8-9-13-21-16/h5-13H,1H2,2-4H3. The van der Waals surface area contributed by atoms with E-state index in [-0.39, 0.29) is 0 Å².